The second kappa shape index (κ2) is 6.35. The number of aromatic nitrogens is 2. The minimum atomic E-state index is -2.56. The fraction of sp³-hybridized carbons (Fsp3) is 0.115. The molecule has 0 atom stereocenters. The molecule has 28 heavy (non-hydrogen) atoms. The Hall–Kier alpha value is -3.39. The van der Waals surface area contributed by atoms with Crippen LogP contribution >= 0.6 is 0 Å². The lowest BCUT2D eigenvalue weighted by Gasteiger charge is -2.15. The molecule has 0 aliphatic rings. The highest BCUT2D eigenvalue weighted by atomic mass is 15.0. The van der Waals surface area contributed by atoms with Crippen molar-refractivity contribution in [2.24, 2.45) is 0 Å². The van der Waals surface area contributed by atoms with Gasteiger partial charge in [0.1, 0.15) is 0 Å². The van der Waals surface area contributed by atoms with E-state index in [-0.39, 0.29) is 33.4 Å². The first-order chi connectivity index (χ1) is 17.3. The predicted octanol–water partition coefficient (Wildman–Crippen LogP) is 6.77. The molecule has 136 valence electrons. The number of pyridine rings is 1. The van der Waals surface area contributed by atoms with Gasteiger partial charge in [-0.3, -0.25) is 4.98 Å². The Kier molecular flexibility index (Phi) is 2.20. The number of para-hydroxylation sites is 2. The van der Waals surface area contributed by atoms with Crippen molar-refractivity contribution < 1.29 is 12.3 Å². The molecule has 2 nitrogen and oxygen atoms in total. The van der Waals surface area contributed by atoms with Gasteiger partial charge in [0.2, 0.25) is 0 Å². The summed E-state index contributed by atoms with van der Waals surface area (Å²) in [5, 5.41) is 1.05. The van der Waals surface area contributed by atoms with E-state index in [0.29, 0.717) is 22.0 Å². The molecule has 2 heterocycles. The highest BCUT2D eigenvalue weighted by Gasteiger charge is 2.17. The van der Waals surface area contributed by atoms with Crippen LogP contribution in [0.5, 0.6) is 0 Å². The van der Waals surface area contributed by atoms with Crippen molar-refractivity contribution in [2.45, 2.75) is 20.6 Å². The van der Waals surface area contributed by atoms with Crippen LogP contribution in [0.2, 0.25) is 0 Å². The van der Waals surface area contributed by atoms with Gasteiger partial charge in [-0.25, -0.2) is 0 Å². The molecule has 0 radical (unpaired) electrons. The van der Waals surface area contributed by atoms with Gasteiger partial charge in [-0.15, -0.1) is 0 Å². The smallest absolute Gasteiger partial charge is 0.0702 e. The molecule has 0 fully saturated rings. The minimum Gasteiger partial charge on any atom is -0.308 e. The molecule has 0 aliphatic carbocycles. The lowest BCUT2D eigenvalue weighted by molar-refractivity contribution is 1.13. The number of hydrogen-bond acceptors (Lipinski definition) is 1. The highest BCUT2D eigenvalue weighted by Crippen LogP contribution is 2.37. The van der Waals surface area contributed by atoms with Gasteiger partial charge in [0.05, 0.1) is 16.7 Å². The van der Waals surface area contributed by atoms with Gasteiger partial charge >= 0.3 is 0 Å². The molecule has 0 amide bonds. The molecule has 0 N–H and O–H groups in total. The van der Waals surface area contributed by atoms with Crippen LogP contribution < -0.4 is 0 Å². The first kappa shape index (κ1) is 9.70. The Morgan fingerprint density at radius 1 is 0.714 bits per heavy atom. The Morgan fingerprint density at radius 3 is 2.04 bits per heavy atom. The molecule has 0 bridgehead atoms. The van der Waals surface area contributed by atoms with Gasteiger partial charge < -0.3 is 4.57 Å². The molecule has 0 spiro atoms. The van der Waals surface area contributed by atoms with Crippen LogP contribution in [0.4, 0.5) is 0 Å². The molecule has 5 rings (SSSR count). The van der Waals surface area contributed by atoms with Gasteiger partial charge in [-0.05, 0) is 55.4 Å². The fourth-order valence-corrected chi connectivity index (χ4v) is 3.77. The maximum absolute atomic E-state index is 8.24. The van der Waals surface area contributed by atoms with Crippen LogP contribution in [-0.4, -0.2) is 9.55 Å². The maximum Gasteiger partial charge on any atom is 0.0702 e. The summed E-state index contributed by atoms with van der Waals surface area (Å²) in [4.78, 5) is 4.37. The van der Waals surface area contributed by atoms with E-state index in [0.717, 1.165) is 0 Å². The van der Waals surface area contributed by atoms with E-state index in [9.17, 15) is 0 Å². The number of nitrogens with zero attached hydrogens (tertiary/aromatic N) is 2. The zero-order valence-corrected chi connectivity index (χ0v) is 14.9. The van der Waals surface area contributed by atoms with Crippen molar-refractivity contribution in [3.05, 3.63) is 95.7 Å². The SMILES string of the molecule is [2H]C([2H])([2H])c1ccc(-c2ccccn2)cc1-n1c2c(C([2H])([2H])[2H])cccc2c2cccc(C([2H])([2H])[2H])c21. The second-order valence-electron chi connectivity index (χ2n) is 6.69. The average molecular weight is 372 g/mol. The molecule has 0 unspecified atom stereocenters. The van der Waals surface area contributed by atoms with Crippen molar-refractivity contribution in [2.75, 3.05) is 0 Å². The monoisotopic (exact) mass is 371 g/mol. The molecule has 0 saturated carbocycles. The van der Waals surface area contributed by atoms with Crippen LogP contribution in [-0.2, 0) is 0 Å². The highest BCUT2D eigenvalue weighted by molar-refractivity contribution is 6.11. The lowest BCUT2D eigenvalue weighted by Crippen LogP contribution is -2.00. The van der Waals surface area contributed by atoms with E-state index in [1.165, 1.54) is 22.8 Å². The summed E-state index contributed by atoms with van der Waals surface area (Å²) in [7, 11) is 0. The van der Waals surface area contributed by atoms with E-state index >= 15 is 0 Å². The van der Waals surface area contributed by atoms with Gasteiger partial charge in [0, 0.05) is 40.6 Å². The Labute approximate surface area is 177 Å². The number of hydrogen-bond donors (Lipinski definition) is 0. The summed E-state index contributed by atoms with van der Waals surface area (Å²) in [6.45, 7) is -7.64. The summed E-state index contributed by atoms with van der Waals surface area (Å²) in [5.41, 5.74) is 1.83. The maximum atomic E-state index is 8.24. The van der Waals surface area contributed by atoms with Crippen LogP contribution in [0.1, 0.15) is 29.0 Å². The van der Waals surface area contributed by atoms with Crippen molar-refractivity contribution in [3.8, 4) is 16.9 Å². The van der Waals surface area contributed by atoms with Crippen molar-refractivity contribution in [1.29, 1.82) is 0 Å². The lowest BCUT2D eigenvalue weighted by atomic mass is 10.1. The third kappa shape index (κ3) is 2.45. The van der Waals surface area contributed by atoms with E-state index in [4.69, 9.17) is 12.3 Å². The van der Waals surface area contributed by atoms with Gasteiger partial charge in [0.15, 0.2) is 0 Å². The van der Waals surface area contributed by atoms with Gasteiger partial charge in [-0.1, -0.05) is 54.6 Å². The molecule has 5 aromatic rings. The molecular formula is C26H22N2. The Balaban J connectivity index is 2.05. The third-order valence-electron chi connectivity index (χ3n) is 5.01. The van der Waals surface area contributed by atoms with Crippen LogP contribution in [0.25, 0.3) is 38.8 Å². The standard InChI is InChI=1S/C26H22N2/c1-17-13-14-20(23-12-4-5-15-27-23)16-24(17)28-25-18(2)8-6-10-21(25)22-11-7-9-19(3)26(22)28/h4-16H,1-3H3/i1D3,2D3,3D3. The Morgan fingerprint density at radius 2 is 1.43 bits per heavy atom. The first-order valence-corrected chi connectivity index (χ1v) is 8.92. The van der Waals surface area contributed by atoms with E-state index < -0.39 is 20.6 Å². The molecule has 0 saturated heterocycles. The average Bonchev–Trinajstić information content (AvgIpc) is 3.17. The summed E-state index contributed by atoms with van der Waals surface area (Å²) < 4.78 is 75.5. The first-order valence-electron chi connectivity index (χ1n) is 13.4. The van der Waals surface area contributed by atoms with Crippen LogP contribution in [0.3, 0.4) is 0 Å². The van der Waals surface area contributed by atoms with Gasteiger partial charge in [0.25, 0.3) is 0 Å². The Bertz CT molecular complexity index is 1560. The molecule has 0 aliphatic heterocycles. The zero-order chi connectivity index (χ0) is 26.8. The van der Waals surface area contributed by atoms with E-state index in [1.807, 2.05) is 0 Å². The van der Waals surface area contributed by atoms with Crippen LogP contribution in [0.15, 0.2) is 79.0 Å². The quantitative estimate of drug-likeness (QED) is 0.335. The summed E-state index contributed by atoms with van der Waals surface area (Å²) >= 11 is 0. The summed E-state index contributed by atoms with van der Waals surface area (Å²) in [5.74, 6) is 0. The summed E-state index contributed by atoms with van der Waals surface area (Å²) in [6.07, 6.45) is 1.62. The number of aryl methyl sites for hydroxylation is 3. The summed E-state index contributed by atoms with van der Waals surface area (Å²) in [6, 6.07) is 19.7. The van der Waals surface area contributed by atoms with E-state index in [2.05, 4.69) is 4.98 Å². The number of rotatable bonds is 2. The van der Waals surface area contributed by atoms with Crippen molar-refractivity contribution in [1.82, 2.24) is 9.55 Å². The molecule has 2 aromatic heterocycles. The normalized spacial score (nSPS) is 17.5. The predicted molar refractivity (Wildman–Crippen MR) is 118 cm³/mol. The largest absolute Gasteiger partial charge is 0.308 e. The third-order valence-corrected chi connectivity index (χ3v) is 5.01. The molecule has 2 heteroatoms. The van der Waals surface area contributed by atoms with Crippen molar-refractivity contribution in [3.63, 3.8) is 0 Å². The fourth-order valence-electron chi connectivity index (χ4n) is 3.77. The van der Waals surface area contributed by atoms with Crippen molar-refractivity contribution >= 4 is 21.8 Å². The minimum absolute atomic E-state index is 0.00239. The zero-order valence-electron chi connectivity index (χ0n) is 23.9. The number of benzene rings is 3. The number of fused-ring (bicyclic) bond motifs is 3. The molecular weight excluding hydrogens is 340 g/mol. The van der Waals surface area contributed by atoms with E-state index in [1.54, 1.807) is 60.8 Å². The second-order valence-corrected chi connectivity index (χ2v) is 6.69. The van der Waals surface area contributed by atoms with Gasteiger partial charge in [-0.2, -0.15) is 0 Å². The molecule has 3 aromatic carbocycles. The van der Waals surface area contributed by atoms with Crippen LogP contribution in [0, 0.1) is 20.6 Å². The topological polar surface area (TPSA) is 17.8 Å².